The average Bonchev–Trinajstić information content (AvgIpc) is 3.05. The lowest BCUT2D eigenvalue weighted by molar-refractivity contribution is -0.138. The fourth-order valence-corrected chi connectivity index (χ4v) is 3.92. The SMILES string of the molecule is Cc1ccc(Cc2nc(C(=O)N3CCC(CC(=O)O)CC3)cs2)cc1. The second-order valence-electron chi connectivity index (χ2n) is 6.62. The van der Waals surface area contributed by atoms with Gasteiger partial charge in [-0.15, -0.1) is 11.3 Å². The Morgan fingerprint density at radius 1 is 1.24 bits per heavy atom. The molecule has 0 bridgehead atoms. The van der Waals surface area contributed by atoms with Crippen LogP contribution in [0.25, 0.3) is 0 Å². The maximum absolute atomic E-state index is 12.6. The summed E-state index contributed by atoms with van der Waals surface area (Å²) in [6.45, 7) is 3.28. The number of piperidine rings is 1. The number of benzene rings is 1. The molecule has 0 unspecified atom stereocenters. The van der Waals surface area contributed by atoms with Gasteiger partial charge in [0.1, 0.15) is 5.69 Å². The van der Waals surface area contributed by atoms with Crippen molar-refractivity contribution in [3.63, 3.8) is 0 Å². The zero-order valence-corrected chi connectivity index (χ0v) is 15.1. The molecule has 1 aliphatic rings. The number of rotatable bonds is 5. The molecule has 0 atom stereocenters. The van der Waals surface area contributed by atoms with Crippen LogP contribution in [0.1, 0.15) is 45.9 Å². The second kappa shape index (κ2) is 7.78. The lowest BCUT2D eigenvalue weighted by Gasteiger charge is -2.30. The first-order chi connectivity index (χ1) is 12.0. The van der Waals surface area contributed by atoms with Crippen molar-refractivity contribution in [1.29, 1.82) is 0 Å². The van der Waals surface area contributed by atoms with Crippen LogP contribution < -0.4 is 0 Å². The predicted octanol–water partition coefficient (Wildman–Crippen LogP) is 3.37. The van der Waals surface area contributed by atoms with Gasteiger partial charge in [-0.2, -0.15) is 0 Å². The predicted molar refractivity (Wildman–Crippen MR) is 97.0 cm³/mol. The quantitative estimate of drug-likeness (QED) is 0.890. The van der Waals surface area contributed by atoms with Gasteiger partial charge in [0.15, 0.2) is 0 Å². The van der Waals surface area contributed by atoms with E-state index in [0.717, 1.165) is 24.3 Å². The van der Waals surface area contributed by atoms with Crippen LogP contribution in [0.2, 0.25) is 0 Å². The van der Waals surface area contributed by atoms with Gasteiger partial charge in [0.05, 0.1) is 5.01 Å². The summed E-state index contributed by atoms with van der Waals surface area (Å²) >= 11 is 1.51. The van der Waals surface area contributed by atoms with Crippen LogP contribution in [0, 0.1) is 12.8 Å². The molecule has 1 aromatic carbocycles. The molecule has 5 nitrogen and oxygen atoms in total. The second-order valence-corrected chi connectivity index (χ2v) is 7.56. The summed E-state index contributed by atoms with van der Waals surface area (Å²) in [5, 5.41) is 11.6. The van der Waals surface area contributed by atoms with Crippen molar-refractivity contribution in [2.75, 3.05) is 13.1 Å². The number of likely N-dealkylation sites (tertiary alicyclic amines) is 1. The molecule has 1 N–H and O–H groups in total. The van der Waals surface area contributed by atoms with E-state index >= 15 is 0 Å². The van der Waals surface area contributed by atoms with Crippen LogP contribution in [0.5, 0.6) is 0 Å². The minimum Gasteiger partial charge on any atom is -0.481 e. The fourth-order valence-electron chi connectivity index (χ4n) is 3.12. The Morgan fingerprint density at radius 2 is 1.92 bits per heavy atom. The molecule has 1 aliphatic heterocycles. The molecule has 1 saturated heterocycles. The van der Waals surface area contributed by atoms with E-state index < -0.39 is 5.97 Å². The maximum Gasteiger partial charge on any atom is 0.303 e. The first-order valence-corrected chi connectivity index (χ1v) is 9.40. The minimum atomic E-state index is -0.759. The van der Waals surface area contributed by atoms with Crippen molar-refractivity contribution in [1.82, 2.24) is 9.88 Å². The number of hydrogen-bond acceptors (Lipinski definition) is 4. The van der Waals surface area contributed by atoms with Crippen LogP contribution in [-0.4, -0.2) is 40.0 Å². The summed E-state index contributed by atoms with van der Waals surface area (Å²) < 4.78 is 0. The third-order valence-corrected chi connectivity index (χ3v) is 5.46. The maximum atomic E-state index is 12.6. The van der Waals surface area contributed by atoms with E-state index in [-0.39, 0.29) is 18.2 Å². The molecule has 1 aromatic heterocycles. The van der Waals surface area contributed by atoms with Gasteiger partial charge in [-0.05, 0) is 31.2 Å². The van der Waals surface area contributed by atoms with Gasteiger partial charge in [0, 0.05) is 31.3 Å². The largest absolute Gasteiger partial charge is 0.481 e. The number of hydrogen-bond donors (Lipinski definition) is 1. The summed E-state index contributed by atoms with van der Waals surface area (Å²) in [4.78, 5) is 29.7. The van der Waals surface area contributed by atoms with Gasteiger partial charge >= 0.3 is 5.97 Å². The van der Waals surface area contributed by atoms with E-state index in [9.17, 15) is 9.59 Å². The lowest BCUT2D eigenvalue weighted by atomic mass is 9.93. The van der Waals surface area contributed by atoms with E-state index in [1.165, 1.54) is 22.5 Å². The smallest absolute Gasteiger partial charge is 0.303 e. The number of carboxylic acids is 1. The Labute approximate surface area is 151 Å². The van der Waals surface area contributed by atoms with Crippen LogP contribution in [0.4, 0.5) is 0 Å². The topological polar surface area (TPSA) is 70.5 Å². The van der Waals surface area contributed by atoms with Crippen molar-refractivity contribution < 1.29 is 14.7 Å². The summed E-state index contributed by atoms with van der Waals surface area (Å²) in [7, 11) is 0. The van der Waals surface area contributed by atoms with E-state index in [2.05, 4.69) is 36.2 Å². The third kappa shape index (κ3) is 4.66. The molecule has 1 amide bonds. The summed E-state index contributed by atoms with van der Waals surface area (Å²) in [6.07, 6.45) is 2.43. The van der Waals surface area contributed by atoms with Crippen LogP contribution in [0.15, 0.2) is 29.6 Å². The van der Waals surface area contributed by atoms with Crippen molar-refractivity contribution in [3.8, 4) is 0 Å². The summed E-state index contributed by atoms with van der Waals surface area (Å²) in [5.74, 6) is -0.626. The number of aromatic nitrogens is 1. The lowest BCUT2D eigenvalue weighted by Crippen LogP contribution is -2.39. The van der Waals surface area contributed by atoms with Gasteiger partial charge < -0.3 is 10.0 Å². The average molecular weight is 358 g/mol. The van der Waals surface area contributed by atoms with E-state index in [1.807, 2.05) is 5.38 Å². The van der Waals surface area contributed by atoms with Gasteiger partial charge in [-0.1, -0.05) is 29.8 Å². The minimum absolute atomic E-state index is 0.0415. The Morgan fingerprint density at radius 3 is 2.56 bits per heavy atom. The normalized spacial score (nSPS) is 15.3. The van der Waals surface area contributed by atoms with E-state index in [4.69, 9.17) is 5.11 Å². The first kappa shape index (κ1) is 17.6. The van der Waals surface area contributed by atoms with Crippen molar-refractivity contribution in [2.45, 2.75) is 32.6 Å². The number of aliphatic carboxylic acids is 1. The first-order valence-electron chi connectivity index (χ1n) is 8.52. The standard InChI is InChI=1S/C19H22N2O3S/c1-13-2-4-14(5-3-13)10-17-20-16(12-25-17)19(24)21-8-6-15(7-9-21)11-18(22)23/h2-5,12,15H,6-11H2,1H3,(H,22,23). The Hall–Kier alpha value is -2.21. The number of carbonyl (C=O) groups excluding carboxylic acids is 1. The van der Waals surface area contributed by atoms with Crippen molar-refractivity contribution in [3.05, 3.63) is 51.5 Å². The number of carbonyl (C=O) groups is 2. The highest BCUT2D eigenvalue weighted by atomic mass is 32.1. The van der Waals surface area contributed by atoms with Crippen molar-refractivity contribution >= 4 is 23.2 Å². The highest BCUT2D eigenvalue weighted by molar-refractivity contribution is 7.09. The number of amides is 1. The zero-order valence-electron chi connectivity index (χ0n) is 14.3. The zero-order chi connectivity index (χ0) is 17.8. The molecule has 0 saturated carbocycles. The summed E-state index contributed by atoms with van der Waals surface area (Å²) in [6, 6.07) is 8.34. The van der Waals surface area contributed by atoms with Gasteiger partial charge in [0.2, 0.25) is 0 Å². The Bertz CT molecular complexity index is 746. The van der Waals surface area contributed by atoms with E-state index in [0.29, 0.717) is 18.8 Å². The Kier molecular flexibility index (Phi) is 5.48. The number of carboxylic acid groups (broad SMARTS) is 1. The van der Waals surface area contributed by atoms with Crippen LogP contribution >= 0.6 is 11.3 Å². The monoisotopic (exact) mass is 358 g/mol. The fraction of sp³-hybridized carbons (Fsp3) is 0.421. The van der Waals surface area contributed by atoms with E-state index in [1.54, 1.807) is 4.90 Å². The molecule has 2 heterocycles. The van der Waals surface area contributed by atoms with Crippen LogP contribution in [0.3, 0.4) is 0 Å². The molecule has 0 spiro atoms. The van der Waals surface area contributed by atoms with Crippen molar-refractivity contribution in [2.24, 2.45) is 5.92 Å². The number of thiazole rings is 1. The molecule has 1 fully saturated rings. The number of nitrogens with zero attached hydrogens (tertiary/aromatic N) is 2. The molecule has 6 heteroatoms. The molecular formula is C19H22N2O3S. The molecule has 0 aliphatic carbocycles. The van der Waals surface area contributed by atoms with Crippen LogP contribution in [-0.2, 0) is 11.2 Å². The van der Waals surface area contributed by atoms with Gasteiger partial charge in [-0.25, -0.2) is 4.98 Å². The molecule has 3 rings (SSSR count). The molecule has 2 aromatic rings. The summed E-state index contributed by atoms with van der Waals surface area (Å²) in [5.41, 5.74) is 2.92. The highest BCUT2D eigenvalue weighted by Crippen LogP contribution is 2.23. The molecular weight excluding hydrogens is 336 g/mol. The van der Waals surface area contributed by atoms with Gasteiger partial charge in [-0.3, -0.25) is 9.59 Å². The van der Waals surface area contributed by atoms with Gasteiger partial charge in [0.25, 0.3) is 5.91 Å². The molecule has 132 valence electrons. The molecule has 0 radical (unpaired) electrons. The number of aryl methyl sites for hydroxylation is 1. The molecule has 25 heavy (non-hydrogen) atoms. The highest BCUT2D eigenvalue weighted by Gasteiger charge is 2.26. The Balaban J connectivity index is 1.57. The third-order valence-electron chi connectivity index (χ3n) is 4.61.